The molecule has 3 N–H and O–H groups in total. The van der Waals surface area contributed by atoms with E-state index in [1.807, 2.05) is 6.07 Å². The molecule has 1 atom stereocenters. The van der Waals surface area contributed by atoms with Crippen LogP contribution in [0.2, 0.25) is 0 Å². The van der Waals surface area contributed by atoms with Gasteiger partial charge in [-0.2, -0.15) is 0 Å². The smallest absolute Gasteiger partial charge is 0.195 e. The monoisotopic (exact) mass is 225 g/mol. The Bertz CT molecular complexity index is 332. The van der Waals surface area contributed by atoms with E-state index in [9.17, 15) is 5.11 Å². The first-order valence-electron chi connectivity index (χ1n) is 5.62. The van der Waals surface area contributed by atoms with E-state index in [0.717, 1.165) is 32.1 Å². The fourth-order valence-corrected chi connectivity index (χ4v) is 1.83. The maximum atomic E-state index is 9.54. The SMILES string of the molecule is CN1CCN(c2ccc([C@H](O)CN)o2)CC1. The van der Waals surface area contributed by atoms with Crippen molar-refractivity contribution in [1.29, 1.82) is 0 Å². The first kappa shape index (κ1) is 11.4. The summed E-state index contributed by atoms with van der Waals surface area (Å²) < 4.78 is 5.59. The standard InChI is InChI=1S/C11H19N3O2/c1-13-4-6-14(7-5-13)11-3-2-10(16-11)9(15)8-12/h2-3,9,15H,4-8,12H2,1H3/t9-/m1/s1. The minimum absolute atomic E-state index is 0.190. The molecule has 0 unspecified atom stereocenters. The molecule has 90 valence electrons. The lowest BCUT2D eigenvalue weighted by Crippen LogP contribution is -2.44. The van der Waals surface area contributed by atoms with Crippen molar-refractivity contribution < 1.29 is 9.52 Å². The van der Waals surface area contributed by atoms with Crippen LogP contribution in [0.5, 0.6) is 0 Å². The third kappa shape index (κ3) is 2.37. The van der Waals surface area contributed by atoms with Crippen molar-refractivity contribution in [3.05, 3.63) is 17.9 Å². The van der Waals surface area contributed by atoms with Crippen LogP contribution in [0.15, 0.2) is 16.5 Å². The minimum Gasteiger partial charge on any atom is -0.443 e. The fraction of sp³-hybridized carbons (Fsp3) is 0.636. The molecule has 0 amide bonds. The molecular formula is C11H19N3O2. The zero-order valence-corrected chi connectivity index (χ0v) is 9.59. The highest BCUT2D eigenvalue weighted by molar-refractivity contribution is 5.37. The molecule has 2 rings (SSSR count). The number of nitrogens with two attached hydrogens (primary N) is 1. The quantitative estimate of drug-likeness (QED) is 0.759. The van der Waals surface area contributed by atoms with Crippen LogP contribution in [0.25, 0.3) is 0 Å². The van der Waals surface area contributed by atoms with Gasteiger partial charge in [0.2, 0.25) is 0 Å². The second kappa shape index (κ2) is 4.86. The van der Waals surface area contributed by atoms with Gasteiger partial charge in [0, 0.05) is 38.8 Å². The zero-order valence-electron chi connectivity index (χ0n) is 9.59. The molecule has 0 aliphatic carbocycles. The lowest BCUT2D eigenvalue weighted by molar-refractivity contribution is 0.158. The Balaban J connectivity index is 2.01. The second-order valence-corrected chi connectivity index (χ2v) is 4.22. The van der Waals surface area contributed by atoms with Gasteiger partial charge in [0.25, 0.3) is 0 Å². The summed E-state index contributed by atoms with van der Waals surface area (Å²) in [5.74, 6) is 1.38. The van der Waals surface area contributed by atoms with E-state index < -0.39 is 6.10 Å². The van der Waals surface area contributed by atoms with E-state index in [1.54, 1.807) is 6.07 Å². The van der Waals surface area contributed by atoms with Gasteiger partial charge < -0.3 is 25.1 Å². The van der Waals surface area contributed by atoms with Crippen LogP contribution >= 0.6 is 0 Å². The number of piperazine rings is 1. The molecule has 0 aromatic carbocycles. The van der Waals surface area contributed by atoms with Crippen LogP contribution in [0.3, 0.4) is 0 Å². The molecule has 1 aliphatic heterocycles. The number of nitrogens with zero attached hydrogens (tertiary/aromatic N) is 2. The molecule has 0 radical (unpaired) electrons. The molecule has 1 aromatic heterocycles. The minimum atomic E-state index is -0.693. The lowest BCUT2D eigenvalue weighted by Gasteiger charge is -2.32. The van der Waals surface area contributed by atoms with Crippen LogP contribution in [-0.4, -0.2) is 49.8 Å². The van der Waals surface area contributed by atoms with Crippen molar-refractivity contribution in [1.82, 2.24) is 4.90 Å². The van der Waals surface area contributed by atoms with E-state index in [2.05, 4.69) is 16.8 Å². The van der Waals surface area contributed by atoms with Crippen LogP contribution in [0.1, 0.15) is 11.9 Å². The van der Waals surface area contributed by atoms with Crippen LogP contribution < -0.4 is 10.6 Å². The van der Waals surface area contributed by atoms with E-state index in [4.69, 9.17) is 10.2 Å². The highest BCUT2D eigenvalue weighted by Crippen LogP contribution is 2.23. The predicted molar refractivity (Wildman–Crippen MR) is 62.4 cm³/mol. The largest absolute Gasteiger partial charge is 0.443 e. The molecule has 2 heterocycles. The lowest BCUT2D eigenvalue weighted by atomic mass is 10.3. The van der Waals surface area contributed by atoms with E-state index in [-0.39, 0.29) is 6.54 Å². The van der Waals surface area contributed by atoms with Gasteiger partial charge in [0.05, 0.1) is 0 Å². The topological polar surface area (TPSA) is 65.9 Å². The average Bonchev–Trinajstić information content (AvgIpc) is 2.78. The Morgan fingerprint density at radius 1 is 1.38 bits per heavy atom. The van der Waals surface area contributed by atoms with E-state index in [1.165, 1.54) is 0 Å². The van der Waals surface area contributed by atoms with Gasteiger partial charge in [0.1, 0.15) is 11.9 Å². The molecule has 1 saturated heterocycles. The molecule has 0 spiro atoms. The van der Waals surface area contributed by atoms with Crippen molar-refractivity contribution in [2.45, 2.75) is 6.10 Å². The van der Waals surface area contributed by atoms with Crippen molar-refractivity contribution >= 4 is 5.88 Å². The highest BCUT2D eigenvalue weighted by Gasteiger charge is 2.18. The van der Waals surface area contributed by atoms with Gasteiger partial charge in [-0.1, -0.05) is 0 Å². The number of anilines is 1. The van der Waals surface area contributed by atoms with Crippen molar-refractivity contribution in [3.63, 3.8) is 0 Å². The molecule has 1 fully saturated rings. The Labute approximate surface area is 95.4 Å². The molecule has 0 saturated carbocycles. The third-order valence-corrected chi connectivity index (χ3v) is 2.98. The van der Waals surface area contributed by atoms with Gasteiger partial charge >= 0.3 is 0 Å². The number of hydrogen-bond acceptors (Lipinski definition) is 5. The van der Waals surface area contributed by atoms with Gasteiger partial charge in [0.15, 0.2) is 5.88 Å². The zero-order chi connectivity index (χ0) is 11.5. The van der Waals surface area contributed by atoms with Gasteiger partial charge in [-0.15, -0.1) is 0 Å². The number of likely N-dealkylation sites (N-methyl/N-ethyl adjacent to an activating group) is 1. The highest BCUT2D eigenvalue weighted by atomic mass is 16.4. The van der Waals surface area contributed by atoms with E-state index in [0.29, 0.717) is 5.76 Å². The summed E-state index contributed by atoms with van der Waals surface area (Å²) in [6.07, 6.45) is -0.693. The summed E-state index contributed by atoms with van der Waals surface area (Å²) in [5, 5.41) is 9.54. The predicted octanol–water partition coefficient (Wildman–Crippen LogP) is 0.0235. The molecule has 5 nitrogen and oxygen atoms in total. The summed E-state index contributed by atoms with van der Waals surface area (Å²) in [6.45, 7) is 4.19. The fourth-order valence-electron chi connectivity index (χ4n) is 1.83. The van der Waals surface area contributed by atoms with Crippen molar-refractivity contribution in [2.24, 2.45) is 5.73 Å². The Morgan fingerprint density at radius 2 is 2.06 bits per heavy atom. The number of furan rings is 1. The summed E-state index contributed by atoms with van der Waals surface area (Å²) in [5.41, 5.74) is 5.38. The number of aliphatic hydroxyl groups excluding tert-OH is 1. The molecule has 1 aliphatic rings. The summed E-state index contributed by atoms with van der Waals surface area (Å²) in [7, 11) is 2.11. The molecule has 5 heteroatoms. The molecule has 1 aromatic rings. The summed E-state index contributed by atoms with van der Waals surface area (Å²) in [6, 6.07) is 3.70. The normalized spacial score (nSPS) is 20.1. The summed E-state index contributed by atoms with van der Waals surface area (Å²) in [4.78, 5) is 4.47. The van der Waals surface area contributed by atoms with Crippen LogP contribution in [0, 0.1) is 0 Å². The van der Waals surface area contributed by atoms with E-state index >= 15 is 0 Å². The number of rotatable bonds is 3. The first-order chi connectivity index (χ1) is 7.70. The molecular weight excluding hydrogens is 206 g/mol. The molecule has 16 heavy (non-hydrogen) atoms. The van der Waals surface area contributed by atoms with Crippen LogP contribution in [0.4, 0.5) is 5.88 Å². The number of aliphatic hydroxyl groups is 1. The molecule has 0 bridgehead atoms. The summed E-state index contributed by atoms with van der Waals surface area (Å²) >= 11 is 0. The maximum absolute atomic E-state index is 9.54. The Morgan fingerprint density at radius 3 is 2.69 bits per heavy atom. The average molecular weight is 225 g/mol. The first-order valence-corrected chi connectivity index (χ1v) is 5.62. The second-order valence-electron chi connectivity index (χ2n) is 4.22. The maximum Gasteiger partial charge on any atom is 0.195 e. The van der Waals surface area contributed by atoms with Gasteiger partial charge in [-0.3, -0.25) is 0 Å². The van der Waals surface area contributed by atoms with Gasteiger partial charge in [-0.05, 0) is 13.1 Å². The third-order valence-electron chi connectivity index (χ3n) is 2.98. The van der Waals surface area contributed by atoms with Crippen molar-refractivity contribution in [2.75, 3.05) is 44.7 Å². The van der Waals surface area contributed by atoms with Crippen LogP contribution in [-0.2, 0) is 0 Å². The Hall–Kier alpha value is -1.04. The number of hydrogen-bond donors (Lipinski definition) is 2. The van der Waals surface area contributed by atoms with Crippen molar-refractivity contribution in [3.8, 4) is 0 Å². The Kier molecular flexibility index (Phi) is 3.48. The van der Waals surface area contributed by atoms with Gasteiger partial charge in [-0.25, -0.2) is 0 Å².